The van der Waals surface area contributed by atoms with Gasteiger partial charge in [-0.3, -0.25) is 4.79 Å². The van der Waals surface area contributed by atoms with Gasteiger partial charge in [-0.2, -0.15) is 9.40 Å². The highest BCUT2D eigenvalue weighted by atomic mass is 32.2. The Balaban J connectivity index is 1.39. The normalized spacial score (nSPS) is 14.9. The Morgan fingerprint density at radius 3 is 2.72 bits per heavy atom. The van der Waals surface area contributed by atoms with Gasteiger partial charge in [0.1, 0.15) is 4.21 Å². The lowest BCUT2D eigenvalue weighted by Gasteiger charge is -2.13. The zero-order valence-electron chi connectivity index (χ0n) is 15.7. The van der Waals surface area contributed by atoms with E-state index < -0.39 is 10.0 Å². The lowest BCUT2D eigenvalue weighted by molar-refractivity contribution is -0.120. The van der Waals surface area contributed by atoms with Gasteiger partial charge >= 0.3 is 0 Å². The van der Waals surface area contributed by atoms with Crippen LogP contribution < -0.4 is 5.32 Å². The van der Waals surface area contributed by atoms with Crippen molar-refractivity contribution in [1.29, 1.82) is 0 Å². The molecular formula is C19H21N5O3S2. The summed E-state index contributed by atoms with van der Waals surface area (Å²) in [6.45, 7) is 1.45. The minimum absolute atomic E-state index is 0.136. The number of sulfonamides is 1. The van der Waals surface area contributed by atoms with Crippen molar-refractivity contribution in [3.63, 3.8) is 0 Å². The number of amides is 1. The summed E-state index contributed by atoms with van der Waals surface area (Å²) in [5, 5.41) is 7.06. The van der Waals surface area contributed by atoms with Crippen LogP contribution in [-0.2, 0) is 27.8 Å². The van der Waals surface area contributed by atoms with Crippen LogP contribution in [0.15, 0.2) is 53.1 Å². The van der Waals surface area contributed by atoms with E-state index in [1.807, 2.05) is 18.2 Å². The SMILES string of the molecule is O=C(Cc1ccc(S(=O)(=O)N2CCCC2)s1)NCc1cccnc1-n1cccn1. The van der Waals surface area contributed by atoms with Crippen LogP contribution in [0.2, 0.25) is 0 Å². The van der Waals surface area contributed by atoms with Crippen molar-refractivity contribution in [3.05, 3.63) is 59.4 Å². The second-order valence-corrected chi connectivity index (χ2v) is 10.1. The Labute approximate surface area is 173 Å². The summed E-state index contributed by atoms with van der Waals surface area (Å²) in [5.41, 5.74) is 0.841. The van der Waals surface area contributed by atoms with Gasteiger partial charge in [-0.25, -0.2) is 18.1 Å². The molecule has 4 rings (SSSR count). The predicted molar refractivity (Wildman–Crippen MR) is 109 cm³/mol. The highest BCUT2D eigenvalue weighted by Gasteiger charge is 2.28. The van der Waals surface area contributed by atoms with E-state index in [0.29, 0.717) is 29.7 Å². The Morgan fingerprint density at radius 1 is 1.14 bits per heavy atom. The van der Waals surface area contributed by atoms with E-state index in [1.165, 1.54) is 4.31 Å². The molecule has 1 saturated heterocycles. The second-order valence-electron chi connectivity index (χ2n) is 6.72. The summed E-state index contributed by atoms with van der Waals surface area (Å²) in [7, 11) is -3.44. The van der Waals surface area contributed by atoms with Crippen molar-refractivity contribution in [2.45, 2.75) is 30.0 Å². The average molecular weight is 432 g/mol. The van der Waals surface area contributed by atoms with Gasteiger partial charge in [0.2, 0.25) is 5.91 Å². The van der Waals surface area contributed by atoms with Crippen LogP contribution in [0.4, 0.5) is 0 Å². The number of pyridine rings is 1. The van der Waals surface area contributed by atoms with Crippen molar-refractivity contribution >= 4 is 27.3 Å². The maximum absolute atomic E-state index is 12.6. The molecular weight excluding hydrogens is 410 g/mol. The number of carbonyl (C=O) groups is 1. The molecule has 0 radical (unpaired) electrons. The van der Waals surface area contributed by atoms with Gasteiger partial charge in [-0.15, -0.1) is 11.3 Å². The molecule has 0 aromatic carbocycles. The van der Waals surface area contributed by atoms with E-state index in [1.54, 1.807) is 35.4 Å². The maximum atomic E-state index is 12.6. The van der Waals surface area contributed by atoms with Crippen molar-refractivity contribution in [2.75, 3.05) is 13.1 Å². The fraction of sp³-hybridized carbons (Fsp3) is 0.316. The third kappa shape index (κ3) is 4.39. The third-order valence-corrected chi connectivity index (χ3v) is 8.15. The van der Waals surface area contributed by atoms with E-state index in [-0.39, 0.29) is 12.3 Å². The van der Waals surface area contributed by atoms with Gasteiger partial charge in [0.15, 0.2) is 5.82 Å². The monoisotopic (exact) mass is 431 g/mol. The Morgan fingerprint density at radius 2 is 1.97 bits per heavy atom. The molecule has 0 atom stereocenters. The minimum atomic E-state index is -3.44. The van der Waals surface area contributed by atoms with Gasteiger partial charge in [0, 0.05) is 48.7 Å². The molecule has 10 heteroatoms. The molecule has 1 N–H and O–H groups in total. The summed E-state index contributed by atoms with van der Waals surface area (Å²) in [6.07, 6.45) is 7.07. The summed E-state index contributed by atoms with van der Waals surface area (Å²) in [5.74, 6) is 0.486. The molecule has 3 aromatic heterocycles. The number of nitrogens with zero attached hydrogens (tertiary/aromatic N) is 4. The highest BCUT2D eigenvalue weighted by molar-refractivity contribution is 7.91. The summed E-state index contributed by atoms with van der Waals surface area (Å²) in [6, 6.07) is 8.81. The van der Waals surface area contributed by atoms with E-state index in [9.17, 15) is 13.2 Å². The molecule has 152 valence electrons. The molecule has 1 aliphatic heterocycles. The van der Waals surface area contributed by atoms with Gasteiger partial charge in [-0.1, -0.05) is 6.07 Å². The van der Waals surface area contributed by atoms with E-state index in [0.717, 1.165) is 34.6 Å². The van der Waals surface area contributed by atoms with E-state index in [4.69, 9.17) is 0 Å². The largest absolute Gasteiger partial charge is 0.352 e. The first-order chi connectivity index (χ1) is 14.0. The molecule has 3 aromatic rings. The second kappa shape index (κ2) is 8.44. The molecule has 1 aliphatic rings. The minimum Gasteiger partial charge on any atom is -0.352 e. The predicted octanol–water partition coefficient (Wildman–Crippen LogP) is 1.97. The summed E-state index contributed by atoms with van der Waals surface area (Å²) >= 11 is 1.16. The highest BCUT2D eigenvalue weighted by Crippen LogP contribution is 2.27. The lowest BCUT2D eigenvalue weighted by atomic mass is 10.2. The van der Waals surface area contributed by atoms with Crippen molar-refractivity contribution in [2.24, 2.45) is 0 Å². The first kappa shape index (κ1) is 19.7. The Kier molecular flexibility index (Phi) is 5.74. The van der Waals surface area contributed by atoms with Crippen LogP contribution in [0, 0.1) is 0 Å². The standard InChI is InChI=1S/C19H21N5O3S2/c25-17(21-14-15-5-3-8-20-19(15)24-12-4-9-22-24)13-16-6-7-18(28-16)29(26,27)23-10-1-2-11-23/h3-9,12H,1-2,10-11,13-14H2,(H,21,25). The molecule has 0 bridgehead atoms. The topological polar surface area (TPSA) is 97.2 Å². The van der Waals surface area contributed by atoms with Gasteiger partial charge < -0.3 is 5.32 Å². The lowest BCUT2D eigenvalue weighted by Crippen LogP contribution is -2.27. The van der Waals surface area contributed by atoms with Crippen molar-refractivity contribution < 1.29 is 13.2 Å². The molecule has 0 saturated carbocycles. The molecule has 4 heterocycles. The van der Waals surface area contributed by atoms with Crippen LogP contribution in [0.25, 0.3) is 5.82 Å². The van der Waals surface area contributed by atoms with Crippen LogP contribution in [-0.4, -0.2) is 46.5 Å². The Hall–Kier alpha value is -2.56. The van der Waals surface area contributed by atoms with Gasteiger partial charge in [0.25, 0.3) is 10.0 Å². The maximum Gasteiger partial charge on any atom is 0.252 e. The molecule has 0 unspecified atom stereocenters. The molecule has 8 nitrogen and oxygen atoms in total. The summed E-state index contributed by atoms with van der Waals surface area (Å²) in [4.78, 5) is 17.4. The Bertz CT molecular complexity index is 1090. The van der Waals surface area contributed by atoms with Gasteiger partial charge in [0.05, 0.1) is 6.42 Å². The molecule has 1 amide bonds. The molecule has 29 heavy (non-hydrogen) atoms. The number of hydrogen-bond acceptors (Lipinski definition) is 6. The first-order valence-corrected chi connectivity index (χ1v) is 11.6. The van der Waals surface area contributed by atoms with Crippen LogP contribution in [0.1, 0.15) is 23.3 Å². The number of carbonyl (C=O) groups excluding carboxylic acids is 1. The quantitative estimate of drug-likeness (QED) is 0.617. The molecule has 0 aliphatic carbocycles. The number of nitrogens with one attached hydrogen (secondary N) is 1. The fourth-order valence-electron chi connectivity index (χ4n) is 3.23. The number of thiophene rings is 1. The van der Waals surface area contributed by atoms with E-state index in [2.05, 4.69) is 15.4 Å². The summed E-state index contributed by atoms with van der Waals surface area (Å²) < 4.78 is 28.7. The average Bonchev–Trinajstić information content (AvgIpc) is 3.49. The first-order valence-electron chi connectivity index (χ1n) is 9.33. The van der Waals surface area contributed by atoms with Crippen LogP contribution in [0.3, 0.4) is 0 Å². The fourth-order valence-corrected chi connectivity index (χ4v) is 6.26. The number of rotatable bonds is 7. The zero-order chi connectivity index (χ0) is 20.3. The van der Waals surface area contributed by atoms with Crippen molar-refractivity contribution in [1.82, 2.24) is 24.4 Å². The smallest absolute Gasteiger partial charge is 0.252 e. The third-order valence-electron chi connectivity index (χ3n) is 4.70. The van der Waals surface area contributed by atoms with Crippen LogP contribution in [0.5, 0.6) is 0 Å². The van der Waals surface area contributed by atoms with Crippen LogP contribution >= 0.6 is 11.3 Å². The molecule has 1 fully saturated rings. The van der Waals surface area contributed by atoms with E-state index >= 15 is 0 Å². The zero-order valence-corrected chi connectivity index (χ0v) is 17.3. The number of aromatic nitrogens is 3. The van der Waals surface area contributed by atoms with Gasteiger partial charge in [-0.05, 0) is 37.1 Å². The van der Waals surface area contributed by atoms with Crippen molar-refractivity contribution in [3.8, 4) is 5.82 Å². The molecule has 0 spiro atoms. The number of hydrogen-bond donors (Lipinski definition) is 1.